The number of hydrogen-bond acceptors (Lipinski definition) is 6. The first-order chi connectivity index (χ1) is 7.94. The summed E-state index contributed by atoms with van der Waals surface area (Å²) in [7, 11) is 0. The van der Waals surface area contributed by atoms with Crippen molar-refractivity contribution in [3.8, 4) is 0 Å². The molecule has 0 saturated heterocycles. The number of nitrogens with two attached hydrogens (primary N) is 1. The molecule has 0 fully saturated rings. The van der Waals surface area contributed by atoms with E-state index in [9.17, 15) is 5.11 Å². The van der Waals surface area contributed by atoms with Crippen LogP contribution < -0.4 is 11.3 Å². The van der Waals surface area contributed by atoms with Crippen LogP contribution in [0.15, 0.2) is 12.4 Å². The van der Waals surface area contributed by atoms with E-state index < -0.39 is 5.60 Å². The molecule has 0 aliphatic rings. The lowest BCUT2D eigenvalue weighted by molar-refractivity contribution is 0.0349. The molecule has 4 N–H and O–H groups in total. The maximum atomic E-state index is 9.78. The van der Waals surface area contributed by atoms with Crippen LogP contribution in [0.1, 0.15) is 26.5 Å². The molecule has 0 aromatic carbocycles. The Bertz CT molecular complexity index is 333. The smallest absolute Gasteiger partial charge is 0.158 e. The van der Waals surface area contributed by atoms with E-state index in [1.165, 1.54) is 0 Å². The molecule has 0 radical (unpaired) electrons. The summed E-state index contributed by atoms with van der Waals surface area (Å²) in [5.74, 6) is 5.76. The topological polar surface area (TPSA) is 87.3 Å². The van der Waals surface area contributed by atoms with Gasteiger partial charge in [0.1, 0.15) is 0 Å². The van der Waals surface area contributed by atoms with Crippen LogP contribution >= 0.6 is 0 Å². The second-order valence-electron chi connectivity index (χ2n) is 4.65. The van der Waals surface area contributed by atoms with Crippen molar-refractivity contribution in [3.05, 3.63) is 18.1 Å². The standard InChI is InChI=1S/C11H21N5O/c1-4-16(8-11(2,3)17)7-9-5-14-10(15-12)6-13-9/h5-6,17H,4,7-8,12H2,1-3H3,(H,14,15). The second kappa shape index (κ2) is 5.90. The van der Waals surface area contributed by atoms with E-state index in [2.05, 4.69) is 27.2 Å². The van der Waals surface area contributed by atoms with Gasteiger partial charge in [-0.2, -0.15) is 0 Å². The number of nitrogens with zero attached hydrogens (tertiary/aromatic N) is 3. The predicted molar refractivity (Wildman–Crippen MR) is 67.1 cm³/mol. The van der Waals surface area contributed by atoms with Crippen molar-refractivity contribution in [1.82, 2.24) is 14.9 Å². The van der Waals surface area contributed by atoms with Crippen LogP contribution in [0.4, 0.5) is 5.82 Å². The Morgan fingerprint density at radius 2 is 2.12 bits per heavy atom. The van der Waals surface area contributed by atoms with E-state index in [4.69, 9.17) is 5.84 Å². The third-order valence-corrected chi connectivity index (χ3v) is 2.30. The van der Waals surface area contributed by atoms with E-state index in [1.54, 1.807) is 26.2 Å². The molecular formula is C11H21N5O. The molecule has 0 saturated carbocycles. The summed E-state index contributed by atoms with van der Waals surface area (Å²) in [4.78, 5) is 10.4. The maximum Gasteiger partial charge on any atom is 0.158 e. The molecule has 96 valence electrons. The normalized spacial score (nSPS) is 11.9. The summed E-state index contributed by atoms with van der Waals surface area (Å²) in [6.07, 6.45) is 3.27. The fraction of sp³-hybridized carbons (Fsp3) is 0.636. The van der Waals surface area contributed by atoms with Gasteiger partial charge in [-0.1, -0.05) is 6.92 Å². The first kappa shape index (κ1) is 13.8. The van der Waals surface area contributed by atoms with Crippen LogP contribution in [0.5, 0.6) is 0 Å². The van der Waals surface area contributed by atoms with E-state index in [1.807, 2.05) is 0 Å². The minimum absolute atomic E-state index is 0.541. The number of nitrogen functional groups attached to an aromatic ring is 1. The lowest BCUT2D eigenvalue weighted by atomic mass is 10.1. The van der Waals surface area contributed by atoms with Crippen molar-refractivity contribution >= 4 is 5.82 Å². The van der Waals surface area contributed by atoms with Gasteiger partial charge >= 0.3 is 0 Å². The summed E-state index contributed by atoms with van der Waals surface area (Å²) >= 11 is 0. The molecule has 1 aromatic rings. The van der Waals surface area contributed by atoms with E-state index in [0.717, 1.165) is 12.2 Å². The Morgan fingerprint density at radius 3 is 2.53 bits per heavy atom. The van der Waals surface area contributed by atoms with Gasteiger partial charge in [0.2, 0.25) is 0 Å². The van der Waals surface area contributed by atoms with Crippen LogP contribution in [0.2, 0.25) is 0 Å². The van der Waals surface area contributed by atoms with Gasteiger partial charge in [-0.3, -0.25) is 9.88 Å². The zero-order valence-electron chi connectivity index (χ0n) is 10.6. The fourth-order valence-electron chi connectivity index (χ4n) is 1.57. The van der Waals surface area contributed by atoms with E-state index in [0.29, 0.717) is 18.9 Å². The molecule has 17 heavy (non-hydrogen) atoms. The van der Waals surface area contributed by atoms with Crippen LogP contribution in [0.3, 0.4) is 0 Å². The van der Waals surface area contributed by atoms with Gasteiger partial charge in [0.05, 0.1) is 23.7 Å². The molecular weight excluding hydrogens is 218 g/mol. The highest BCUT2D eigenvalue weighted by Gasteiger charge is 2.17. The van der Waals surface area contributed by atoms with Crippen molar-refractivity contribution in [2.45, 2.75) is 32.9 Å². The summed E-state index contributed by atoms with van der Waals surface area (Å²) < 4.78 is 0. The molecule has 0 amide bonds. The molecule has 0 aliphatic heterocycles. The van der Waals surface area contributed by atoms with Crippen molar-refractivity contribution in [1.29, 1.82) is 0 Å². The van der Waals surface area contributed by atoms with Crippen LogP contribution in [0.25, 0.3) is 0 Å². The quantitative estimate of drug-likeness (QED) is 0.490. The number of nitrogens with one attached hydrogen (secondary N) is 1. The van der Waals surface area contributed by atoms with Crippen molar-refractivity contribution in [3.63, 3.8) is 0 Å². The number of hydrogen-bond donors (Lipinski definition) is 3. The van der Waals surface area contributed by atoms with Gasteiger partial charge in [-0.25, -0.2) is 10.8 Å². The zero-order chi connectivity index (χ0) is 12.9. The lowest BCUT2D eigenvalue weighted by Crippen LogP contribution is -2.38. The van der Waals surface area contributed by atoms with Crippen LogP contribution in [-0.4, -0.2) is 38.7 Å². The highest BCUT2D eigenvalue weighted by atomic mass is 16.3. The highest BCUT2D eigenvalue weighted by Crippen LogP contribution is 2.08. The Labute approximate surface area is 102 Å². The Kier molecular flexibility index (Phi) is 4.80. The number of likely N-dealkylation sites (N-methyl/N-ethyl adjacent to an activating group) is 1. The van der Waals surface area contributed by atoms with Gasteiger partial charge in [0, 0.05) is 13.1 Å². The van der Waals surface area contributed by atoms with Gasteiger partial charge < -0.3 is 10.5 Å². The van der Waals surface area contributed by atoms with Crippen molar-refractivity contribution in [2.75, 3.05) is 18.5 Å². The fourth-order valence-corrected chi connectivity index (χ4v) is 1.57. The molecule has 1 rings (SSSR count). The average Bonchev–Trinajstić information content (AvgIpc) is 2.27. The number of aromatic nitrogens is 2. The molecule has 6 heteroatoms. The highest BCUT2D eigenvalue weighted by molar-refractivity contribution is 5.28. The first-order valence-corrected chi connectivity index (χ1v) is 5.67. The van der Waals surface area contributed by atoms with Crippen LogP contribution in [-0.2, 0) is 6.54 Å². The number of hydrazine groups is 1. The number of anilines is 1. The molecule has 0 unspecified atom stereocenters. The van der Waals surface area contributed by atoms with Gasteiger partial charge in [-0.15, -0.1) is 0 Å². The Hall–Kier alpha value is -1.24. The van der Waals surface area contributed by atoms with Gasteiger partial charge in [0.25, 0.3) is 0 Å². The molecule has 0 bridgehead atoms. The predicted octanol–water partition coefficient (Wildman–Crippen LogP) is 0.355. The molecule has 1 heterocycles. The Morgan fingerprint density at radius 1 is 1.41 bits per heavy atom. The summed E-state index contributed by atoms with van der Waals surface area (Å²) in [5, 5.41) is 9.78. The average molecular weight is 239 g/mol. The largest absolute Gasteiger partial charge is 0.389 e. The first-order valence-electron chi connectivity index (χ1n) is 5.67. The van der Waals surface area contributed by atoms with E-state index >= 15 is 0 Å². The third-order valence-electron chi connectivity index (χ3n) is 2.30. The minimum Gasteiger partial charge on any atom is -0.389 e. The summed E-state index contributed by atoms with van der Waals surface area (Å²) in [6, 6.07) is 0. The second-order valence-corrected chi connectivity index (χ2v) is 4.65. The van der Waals surface area contributed by atoms with Gasteiger partial charge in [-0.05, 0) is 20.4 Å². The zero-order valence-corrected chi connectivity index (χ0v) is 10.6. The molecule has 1 aromatic heterocycles. The number of aliphatic hydroxyl groups is 1. The summed E-state index contributed by atoms with van der Waals surface area (Å²) in [6.45, 7) is 7.75. The lowest BCUT2D eigenvalue weighted by Gasteiger charge is -2.27. The van der Waals surface area contributed by atoms with Gasteiger partial charge in [0.15, 0.2) is 5.82 Å². The van der Waals surface area contributed by atoms with Crippen LogP contribution in [0, 0.1) is 0 Å². The van der Waals surface area contributed by atoms with Crippen molar-refractivity contribution < 1.29 is 5.11 Å². The van der Waals surface area contributed by atoms with Crippen molar-refractivity contribution in [2.24, 2.45) is 5.84 Å². The third kappa shape index (κ3) is 5.08. The molecule has 0 aliphatic carbocycles. The molecule has 0 atom stereocenters. The number of rotatable bonds is 6. The monoisotopic (exact) mass is 239 g/mol. The maximum absolute atomic E-state index is 9.78. The Balaban J connectivity index is 2.61. The van der Waals surface area contributed by atoms with E-state index in [-0.39, 0.29) is 0 Å². The molecule has 6 nitrogen and oxygen atoms in total. The SMILES string of the molecule is CCN(Cc1cnc(NN)cn1)CC(C)(C)O. The summed E-state index contributed by atoms with van der Waals surface area (Å²) in [5.41, 5.74) is 2.58. The minimum atomic E-state index is -0.706. The molecule has 0 spiro atoms.